The van der Waals surface area contributed by atoms with E-state index in [4.69, 9.17) is 9.94 Å². The summed E-state index contributed by atoms with van der Waals surface area (Å²) in [6.07, 6.45) is -0.0337. The van der Waals surface area contributed by atoms with Crippen molar-refractivity contribution in [2.24, 2.45) is 10.1 Å². The molecule has 1 atom stereocenters. The number of benzene rings is 1. The lowest BCUT2D eigenvalue weighted by molar-refractivity contribution is -0.140. The highest BCUT2D eigenvalue weighted by Gasteiger charge is 2.32. The van der Waals surface area contributed by atoms with Crippen molar-refractivity contribution in [2.45, 2.75) is 44.3 Å². The highest BCUT2D eigenvalue weighted by atomic mass is 19.4. The molecule has 0 unspecified atom stereocenters. The average Bonchev–Trinajstić information content (AvgIpc) is 3.28. The highest BCUT2D eigenvalue weighted by molar-refractivity contribution is 6.35. The molecule has 1 aromatic carbocycles. The molecule has 0 bridgehead atoms. The highest BCUT2D eigenvalue weighted by Crippen LogP contribution is 2.34. The number of hydrogen-bond acceptors (Lipinski definition) is 6. The predicted molar refractivity (Wildman–Crippen MR) is 119 cm³/mol. The van der Waals surface area contributed by atoms with Crippen LogP contribution in [0.25, 0.3) is 0 Å². The molecule has 3 rings (SSSR count). The number of anilines is 1. The lowest BCUT2D eigenvalue weighted by Crippen LogP contribution is -2.45. The molecule has 2 fully saturated rings. The molecule has 12 heteroatoms. The molecule has 2 aliphatic heterocycles. The van der Waals surface area contributed by atoms with E-state index in [1.165, 1.54) is 18.1 Å². The van der Waals surface area contributed by atoms with Crippen molar-refractivity contribution in [3.05, 3.63) is 23.8 Å². The predicted octanol–water partition coefficient (Wildman–Crippen LogP) is 2.99. The van der Waals surface area contributed by atoms with Gasteiger partial charge in [-0.05, 0) is 44.2 Å². The molecule has 9 nitrogen and oxygen atoms in total. The first-order valence-corrected chi connectivity index (χ1v) is 11.1. The number of methoxy groups -OCH3 is 1. The molecule has 1 aromatic rings. The zero-order chi connectivity index (χ0) is 24.7. The minimum Gasteiger partial charge on any atom is -0.497 e. The number of hydrogen-bond donors (Lipinski definition) is 2. The normalized spacial score (nSPS) is 20.1. The number of carbonyl (C=O) groups excluding carboxylic acids is 2. The Labute approximate surface area is 195 Å². The summed E-state index contributed by atoms with van der Waals surface area (Å²) in [5.74, 6) is -0.594. The Balaban J connectivity index is 1.81. The van der Waals surface area contributed by atoms with Gasteiger partial charge in [0.05, 0.1) is 19.2 Å². The average molecular weight is 483 g/mol. The van der Waals surface area contributed by atoms with Crippen LogP contribution in [0, 0.1) is 0 Å². The van der Waals surface area contributed by atoms with Crippen molar-refractivity contribution in [1.82, 2.24) is 9.80 Å². The monoisotopic (exact) mass is 483 g/mol. The molecule has 0 saturated carbocycles. The van der Waals surface area contributed by atoms with Crippen LogP contribution < -0.4 is 10.1 Å². The van der Waals surface area contributed by atoms with E-state index in [0.717, 1.165) is 31.2 Å². The van der Waals surface area contributed by atoms with Gasteiger partial charge in [-0.3, -0.25) is 14.6 Å². The van der Waals surface area contributed by atoms with Crippen LogP contribution in [0.3, 0.4) is 0 Å². The lowest BCUT2D eigenvalue weighted by Gasteiger charge is -2.25. The number of carbonyl (C=O) groups is 2. The van der Waals surface area contributed by atoms with Crippen LogP contribution in [0.4, 0.5) is 18.9 Å². The van der Waals surface area contributed by atoms with Gasteiger partial charge in [-0.1, -0.05) is 5.16 Å². The molecule has 0 aromatic heterocycles. The number of rotatable bonds is 6. The Kier molecular flexibility index (Phi) is 8.35. The van der Waals surface area contributed by atoms with Crippen molar-refractivity contribution in [3.63, 3.8) is 0 Å². The summed E-state index contributed by atoms with van der Waals surface area (Å²) >= 11 is 0. The number of nitrogens with zero attached hydrogens (tertiary/aromatic N) is 4. The second-order valence-electron chi connectivity index (χ2n) is 8.19. The Bertz CT molecular complexity index is 945. The molecule has 2 N–H and O–H groups in total. The summed E-state index contributed by atoms with van der Waals surface area (Å²) in [4.78, 5) is 33.2. The van der Waals surface area contributed by atoms with E-state index in [9.17, 15) is 22.8 Å². The fourth-order valence-electron chi connectivity index (χ4n) is 4.01. The molecule has 2 saturated heterocycles. The molecule has 0 aliphatic carbocycles. The zero-order valence-corrected chi connectivity index (χ0v) is 18.8. The summed E-state index contributed by atoms with van der Waals surface area (Å²) in [6.45, 7) is 1.76. The lowest BCUT2D eigenvalue weighted by atomic mass is 10.1. The molecule has 0 spiro atoms. The minimum atomic E-state index is -4.60. The van der Waals surface area contributed by atoms with Gasteiger partial charge in [-0.2, -0.15) is 13.2 Å². The van der Waals surface area contributed by atoms with Crippen LogP contribution in [0.5, 0.6) is 5.75 Å². The molecule has 2 aliphatic rings. The third-order valence-corrected chi connectivity index (χ3v) is 5.75. The van der Waals surface area contributed by atoms with Gasteiger partial charge in [0.25, 0.3) is 0 Å². The Morgan fingerprint density at radius 3 is 2.56 bits per heavy atom. The van der Waals surface area contributed by atoms with Crippen LogP contribution in [-0.4, -0.2) is 78.2 Å². The van der Waals surface area contributed by atoms with Crippen LogP contribution >= 0.6 is 0 Å². The van der Waals surface area contributed by atoms with E-state index in [-0.39, 0.29) is 35.6 Å². The first kappa shape index (κ1) is 25.3. The molecule has 34 heavy (non-hydrogen) atoms. The molecular formula is C22H28F3N5O4. The van der Waals surface area contributed by atoms with Crippen LogP contribution in [0.2, 0.25) is 0 Å². The number of alkyl halides is 3. The quantitative estimate of drug-likeness (QED) is 0.280. The van der Waals surface area contributed by atoms with Crippen molar-refractivity contribution in [2.75, 3.05) is 38.6 Å². The van der Waals surface area contributed by atoms with Gasteiger partial charge < -0.3 is 25.1 Å². The topological polar surface area (TPSA) is 107 Å². The second-order valence-corrected chi connectivity index (χ2v) is 8.19. The van der Waals surface area contributed by atoms with Gasteiger partial charge in [0.1, 0.15) is 23.8 Å². The van der Waals surface area contributed by atoms with E-state index in [1.54, 1.807) is 4.90 Å². The van der Waals surface area contributed by atoms with E-state index in [2.05, 4.69) is 15.5 Å². The standard InChI is InChI=1S/C22H28F3N5O4/c1-34-17-11-15(22(23,24)25)10-16(12-17)27-19(13-26-33)28-18-6-2-3-9-30(21(18)32)14-20(31)29-7-4-5-8-29/h10-13,18,33H,2-9,14H2,1H3,(H,27,28)/t18-/m0/s1. The number of halogens is 3. The van der Waals surface area contributed by atoms with Gasteiger partial charge in [0.2, 0.25) is 11.8 Å². The third kappa shape index (κ3) is 6.61. The summed E-state index contributed by atoms with van der Waals surface area (Å²) in [5.41, 5.74) is -0.945. The van der Waals surface area contributed by atoms with Gasteiger partial charge in [0.15, 0.2) is 0 Å². The Morgan fingerprint density at radius 1 is 1.21 bits per heavy atom. The van der Waals surface area contributed by atoms with E-state index in [0.29, 0.717) is 38.9 Å². The van der Waals surface area contributed by atoms with E-state index >= 15 is 0 Å². The number of nitrogens with one attached hydrogen (secondary N) is 1. The molecule has 0 radical (unpaired) electrons. The van der Waals surface area contributed by atoms with Gasteiger partial charge in [-0.15, -0.1) is 0 Å². The number of aliphatic imine (C=N–C) groups is 1. The summed E-state index contributed by atoms with van der Waals surface area (Å²) in [6, 6.07) is 2.17. The maximum absolute atomic E-state index is 13.2. The smallest absolute Gasteiger partial charge is 0.416 e. The van der Waals surface area contributed by atoms with Gasteiger partial charge in [-0.25, -0.2) is 0 Å². The number of amides is 2. The minimum absolute atomic E-state index is 0.00698. The summed E-state index contributed by atoms with van der Waals surface area (Å²) in [5, 5.41) is 14.6. The Morgan fingerprint density at radius 2 is 1.91 bits per heavy atom. The van der Waals surface area contributed by atoms with Crippen molar-refractivity contribution >= 4 is 29.6 Å². The number of amidine groups is 1. The van der Waals surface area contributed by atoms with Crippen molar-refractivity contribution < 1.29 is 32.7 Å². The number of oxime groups is 1. The van der Waals surface area contributed by atoms with Crippen molar-refractivity contribution in [1.29, 1.82) is 0 Å². The first-order chi connectivity index (χ1) is 16.2. The third-order valence-electron chi connectivity index (χ3n) is 5.75. The van der Waals surface area contributed by atoms with E-state index in [1.807, 2.05) is 0 Å². The van der Waals surface area contributed by atoms with Gasteiger partial charge >= 0.3 is 6.18 Å². The van der Waals surface area contributed by atoms with Crippen LogP contribution in [-0.2, 0) is 15.8 Å². The second kappa shape index (κ2) is 11.2. The fraction of sp³-hybridized carbons (Fsp3) is 0.545. The maximum atomic E-state index is 13.2. The van der Waals surface area contributed by atoms with Crippen LogP contribution in [0.1, 0.15) is 37.7 Å². The zero-order valence-electron chi connectivity index (χ0n) is 18.8. The van der Waals surface area contributed by atoms with E-state index < -0.39 is 17.8 Å². The van der Waals surface area contributed by atoms with Crippen LogP contribution in [0.15, 0.2) is 28.3 Å². The number of ether oxygens (including phenoxy) is 1. The van der Waals surface area contributed by atoms with Crippen molar-refractivity contribution in [3.8, 4) is 5.75 Å². The largest absolute Gasteiger partial charge is 0.497 e. The summed E-state index contributed by atoms with van der Waals surface area (Å²) < 4.78 is 44.7. The Hall–Kier alpha value is -3.31. The number of likely N-dealkylation sites (tertiary alicyclic amines) is 2. The summed E-state index contributed by atoms with van der Waals surface area (Å²) in [7, 11) is 1.24. The molecular weight excluding hydrogens is 455 g/mol. The first-order valence-electron chi connectivity index (χ1n) is 11.1. The molecule has 186 valence electrons. The SMILES string of the molecule is COc1cc(NC(C=NO)=N[C@H]2CCCCN(CC(=O)N3CCCC3)C2=O)cc(C(F)(F)F)c1. The fourth-order valence-corrected chi connectivity index (χ4v) is 4.01. The maximum Gasteiger partial charge on any atom is 0.416 e. The van der Waals surface area contributed by atoms with Gasteiger partial charge in [0, 0.05) is 31.4 Å². The molecule has 2 amide bonds. The molecule has 2 heterocycles.